The van der Waals surface area contributed by atoms with Gasteiger partial charge in [0.2, 0.25) is 5.91 Å². The van der Waals surface area contributed by atoms with E-state index in [0.717, 1.165) is 44.2 Å². The van der Waals surface area contributed by atoms with Gasteiger partial charge in [0.15, 0.2) is 0 Å². The standard InChI is InChI=1S/C31H28N2O3S/c1-21-28(17-22-9-5-4-6-10-22)27-16-14-25(19-30(27)29(21)20-31(34)33(2)3)32-37(35,36)26-15-13-23-11-7-8-12-24(23)18-26/h4-19,32H,20H2,1-3H3/b28-17+. The number of nitrogens with zero attached hydrogens (tertiary/aromatic N) is 1. The Balaban J connectivity index is 1.54. The van der Waals surface area contributed by atoms with Crippen LogP contribution >= 0.6 is 0 Å². The zero-order valence-electron chi connectivity index (χ0n) is 21.0. The third kappa shape index (κ3) is 4.93. The van der Waals surface area contributed by atoms with Crippen molar-refractivity contribution in [1.82, 2.24) is 4.90 Å². The van der Waals surface area contributed by atoms with E-state index >= 15 is 0 Å². The zero-order valence-corrected chi connectivity index (χ0v) is 21.8. The first-order chi connectivity index (χ1) is 17.7. The van der Waals surface area contributed by atoms with E-state index in [0.29, 0.717) is 5.69 Å². The van der Waals surface area contributed by atoms with E-state index in [4.69, 9.17) is 0 Å². The molecule has 5 nitrogen and oxygen atoms in total. The minimum Gasteiger partial charge on any atom is -0.349 e. The van der Waals surface area contributed by atoms with Gasteiger partial charge >= 0.3 is 0 Å². The maximum Gasteiger partial charge on any atom is 0.261 e. The van der Waals surface area contributed by atoms with Crippen LogP contribution in [0, 0.1) is 0 Å². The van der Waals surface area contributed by atoms with Gasteiger partial charge in [-0.25, -0.2) is 8.42 Å². The van der Waals surface area contributed by atoms with E-state index in [1.807, 2.05) is 79.7 Å². The van der Waals surface area contributed by atoms with Crippen molar-refractivity contribution >= 4 is 49.6 Å². The van der Waals surface area contributed by atoms with Gasteiger partial charge in [-0.3, -0.25) is 9.52 Å². The van der Waals surface area contributed by atoms with Crippen molar-refractivity contribution in [3.63, 3.8) is 0 Å². The van der Waals surface area contributed by atoms with Gasteiger partial charge in [-0.2, -0.15) is 0 Å². The lowest BCUT2D eigenvalue weighted by molar-refractivity contribution is -0.127. The second-order valence-electron chi connectivity index (χ2n) is 9.41. The second kappa shape index (κ2) is 9.71. The number of anilines is 1. The van der Waals surface area contributed by atoms with Crippen molar-refractivity contribution in [2.45, 2.75) is 18.2 Å². The van der Waals surface area contributed by atoms with Gasteiger partial charge in [-0.1, -0.05) is 66.7 Å². The van der Waals surface area contributed by atoms with Crippen molar-refractivity contribution in [2.75, 3.05) is 18.8 Å². The average molecular weight is 509 g/mol. The topological polar surface area (TPSA) is 66.5 Å². The fraction of sp³-hybridized carbons (Fsp3) is 0.129. The van der Waals surface area contributed by atoms with E-state index in [1.165, 1.54) is 0 Å². The van der Waals surface area contributed by atoms with Crippen LogP contribution in [-0.4, -0.2) is 33.3 Å². The summed E-state index contributed by atoms with van der Waals surface area (Å²) in [6, 6.07) is 28.3. The molecule has 0 spiro atoms. The van der Waals surface area contributed by atoms with E-state index in [-0.39, 0.29) is 17.2 Å². The predicted octanol–water partition coefficient (Wildman–Crippen LogP) is 6.45. The van der Waals surface area contributed by atoms with Crippen LogP contribution < -0.4 is 4.72 Å². The summed E-state index contributed by atoms with van der Waals surface area (Å²) in [6.45, 7) is 2.02. The number of carbonyl (C=O) groups is 1. The molecule has 0 bridgehead atoms. The molecule has 0 aliphatic heterocycles. The van der Waals surface area contributed by atoms with Gasteiger partial charge in [0, 0.05) is 19.8 Å². The molecule has 4 aromatic carbocycles. The SMILES string of the molecule is CC1=C(CC(=O)N(C)C)c2cc(NS(=O)(=O)c3ccc4ccccc4c3)ccc2/C1=C/c1ccccc1. The number of hydrogen-bond acceptors (Lipinski definition) is 3. The molecule has 0 fully saturated rings. The highest BCUT2D eigenvalue weighted by Gasteiger charge is 2.27. The molecule has 0 atom stereocenters. The molecule has 186 valence electrons. The second-order valence-corrected chi connectivity index (χ2v) is 11.1. The van der Waals surface area contributed by atoms with Gasteiger partial charge in [0.25, 0.3) is 10.0 Å². The monoisotopic (exact) mass is 508 g/mol. The van der Waals surface area contributed by atoms with Crippen LogP contribution in [0.25, 0.3) is 28.0 Å². The fourth-order valence-corrected chi connectivity index (χ4v) is 5.73. The lowest BCUT2D eigenvalue weighted by Crippen LogP contribution is -2.21. The number of hydrogen-bond donors (Lipinski definition) is 1. The molecule has 4 aromatic rings. The molecule has 1 aliphatic rings. The van der Waals surface area contributed by atoms with Crippen molar-refractivity contribution in [3.8, 4) is 0 Å². The number of nitrogens with one attached hydrogen (secondary N) is 1. The molecule has 0 heterocycles. The van der Waals surface area contributed by atoms with Crippen LogP contribution in [-0.2, 0) is 14.8 Å². The molecular formula is C31H28N2O3S. The van der Waals surface area contributed by atoms with Crippen molar-refractivity contribution in [1.29, 1.82) is 0 Å². The summed E-state index contributed by atoms with van der Waals surface area (Å²) in [5.41, 5.74) is 6.32. The summed E-state index contributed by atoms with van der Waals surface area (Å²) in [4.78, 5) is 14.5. The molecule has 37 heavy (non-hydrogen) atoms. The summed E-state index contributed by atoms with van der Waals surface area (Å²) < 4.78 is 29.3. The Labute approximate surface area is 217 Å². The number of sulfonamides is 1. The number of rotatable bonds is 6. The number of fused-ring (bicyclic) bond motifs is 2. The van der Waals surface area contributed by atoms with Crippen LogP contribution in [0.4, 0.5) is 5.69 Å². The smallest absolute Gasteiger partial charge is 0.261 e. The first-order valence-electron chi connectivity index (χ1n) is 12.1. The van der Waals surface area contributed by atoms with E-state index in [2.05, 4.69) is 10.8 Å². The minimum atomic E-state index is -3.81. The van der Waals surface area contributed by atoms with Crippen LogP contribution in [0.3, 0.4) is 0 Å². The maximum atomic E-state index is 13.3. The minimum absolute atomic E-state index is 0.0107. The average Bonchev–Trinajstić information content (AvgIpc) is 3.14. The number of amides is 1. The Morgan fingerprint density at radius 1 is 0.838 bits per heavy atom. The van der Waals surface area contributed by atoms with Gasteiger partial charge < -0.3 is 4.90 Å². The number of carbonyl (C=O) groups excluding carboxylic acids is 1. The lowest BCUT2D eigenvalue weighted by Gasteiger charge is -2.14. The van der Waals surface area contributed by atoms with Gasteiger partial charge in [0.05, 0.1) is 11.3 Å². The highest BCUT2D eigenvalue weighted by atomic mass is 32.2. The first kappa shape index (κ1) is 24.5. The molecule has 5 rings (SSSR count). The molecule has 0 saturated heterocycles. The third-order valence-electron chi connectivity index (χ3n) is 6.71. The molecule has 1 N–H and O–H groups in total. The van der Waals surface area contributed by atoms with Gasteiger partial charge in [0.1, 0.15) is 0 Å². The highest BCUT2D eigenvalue weighted by Crippen LogP contribution is 2.45. The Morgan fingerprint density at radius 2 is 1.54 bits per heavy atom. The molecule has 0 radical (unpaired) electrons. The quantitative estimate of drug-likeness (QED) is 0.326. The lowest BCUT2D eigenvalue weighted by atomic mass is 10.00. The number of allylic oxidation sites excluding steroid dienone is 2. The molecule has 6 heteroatoms. The van der Waals surface area contributed by atoms with Crippen LogP contribution in [0.15, 0.2) is 101 Å². The maximum absolute atomic E-state index is 13.3. The normalized spacial score (nSPS) is 14.2. The van der Waals surface area contributed by atoms with Crippen LogP contribution in [0.1, 0.15) is 30.0 Å². The third-order valence-corrected chi connectivity index (χ3v) is 8.09. The molecule has 0 unspecified atom stereocenters. The van der Waals surface area contributed by atoms with Gasteiger partial charge in [-0.15, -0.1) is 0 Å². The Morgan fingerprint density at radius 3 is 2.27 bits per heavy atom. The van der Waals surface area contributed by atoms with E-state index in [1.54, 1.807) is 37.2 Å². The van der Waals surface area contributed by atoms with Crippen molar-refractivity contribution < 1.29 is 13.2 Å². The van der Waals surface area contributed by atoms with Gasteiger partial charge in [-0.05, 0) is 81.4 Å². The van der Waals surface area contributed by atoms with Crippen molar-refractivity contribution in [2.24, 2.45) is 0 Å². The summed E-state index contributed by atoms with van der Waals surface area (Å²) in [7, 11) is -0.330. The molecular weight excluding hydrogens is 480 g/mol. The van der Waals surface area contributed by atoms with Crippen LogP contribution in [0.5, 0.6) is 0 Å². The number of benzene rings is 4. The molecule has 0 saturated carbocycles. The molecule has 1 amide bonds. The summed E-state index contributed by atoms with van der Waals surface area (Å²) in [5.74, 6) is -0.0107. The highest BCUT2D eigenvalue weighted by molar-refractivity contribution is 7.92. The predicted molar refractivity (Wildman–Crippen MR) is 151 cm³/mol. The van der Waals surface area contributed by atoms with Crippen molar-refractivity contribution in [3.05, 3.63) is 113 Å². The molecule has 1 aliphatic carbocycles. The zero-order chi connectivity index (χ0) is 26.2. The largest absolute Gasteiger partial charge is 0.349 e. The van der Waals surface area contributed by atoms with E-state index in [9.17, 15) is 13.2 Å². The Hall–Kier alpha value is -4.16. The summed E-state index contributed by atoms with van der Waals surface area (Å²) in [6.07, 6.45) is 2.35. The molecule has 0 aromatic heterocycles. The van der Waals surface area contributed by atoms with E-state index < -0.39 is 10.0 Å². The fourth-order valence-electron chi connectivity index (χ4n) is 4.65. The summed E-state index contributed by atoms with van der Waals surface area (Å²) in [5, 5.41) is 1.84. The first-order valence-corrected chi connectivity index (χ1v) is 13.5. The van der Waals surface area contributed by atoms with Crippen LogP contribution in [0.2, 0.25) is 0 Å². The Bertz CT molecular complexity index is 1680. The Kier molecular flexibility index (Phi) is 6.44. The summed E-state index contributed by atoms with van der Waals surface area (Å²) >= 11 is 0.